The number of carbonyl (C=O) groups is 2. The molecule has 5 nitrogen and oxygen atoms in total. The zero-order valence-corrected chi connectivity index (χ0v) is 18.0. The molecular formula is C25H21FN2O3S. The summed E-state index contributed by atoms with van der Waals surface area (Å²) >= 11 is 1.24. The number of aliphatic hydroxyl groups excluding tert-OH is 1. The number of ketones is 1. The molecule has 162 valence electrons. The molecule has 1 atom stereocenters. The summed E-state index contributed by atoms with van der Waals surface area (Å²) in [6.45, 7) is 2.00. The van der Waals surface area contributed by atoms with Crippen LogP contribution >= 0.6 is 11.3 Å². The van der Waals surface area contributed by atoms with E-state index in [-0.39, 0.29) is 5.57 Å². The second-order valence-corrected chi connectivity index (χ2v) is 8.86. The van der Waals surface area contributed by atoms with Gasteiger partial charge in [0, 0.05) is 24.5 Å². The highest BCUT2D eigenvalue weighted by Crippen LogP contribution is 2.42. The Morgan fingerprint density at radius 2 is 1.62 bits per heavy atom. The molecule has 5 rings (SSSR count). The molecule has 0 saturated carbocycles. The predicted molar refractivity (Wildman–Crippen MR) is 123 cm³/mol. The molecule has 1 fully saturated rings. The van der Waals surface area contributed by atoms with Gasteiger partial charge in [0.05, 0.1) is 16.5 Å². The van der Waals surface area contributed by atoms with E-state index in [4.69, 9.17) is 0 Å². The Morgan fingerprint density at radius 1 is 0.969 bits per heavy atom. The lowest BCUT2D eigenvalue weighted by Gasteiger charge is -2.27. The Balaban J connectivity index is 1.57. The number of hydrogen-bond donors (Lipinski definition) is 1. The van der Waals surface area contributed by atoms with Crippen molar-refractivity contribution in [2.45, 2.75) is 18.9 Å². The second-order valence-electron chi connectivity index (χ2n) is 7.91. The topological polar surface area (TPSA) is 60.9 Å². The van der Waals surface area contributed by atoms with Crippen molar-refractivity contribution < 1.29 is 19.1 Å². The zero-order chi connectivity index (χ0) is 22.2. The fraction of sp³-hybridized carbons (Fsp3) is 0.200. The summed E-state index contributed by atoms with van der Waals surface area (Å²) in [5, 5.41) is 12.5. The number of Topliss-reactive ketones (excluding diaryl/α,β-unsaturated/α-hetero) is 1. The number of anilines is 2. The van der Waals surface area contributed by atoms with E-state index in [9.17, 15) is 19.1 Å². The number of carbonyl (C=O) groups excluding carboxylic acids is 2. The first-order valence-electron chi connectivity index (χ1n) is 10.5. The third-order valence-corrected chi connectivity index (χ3v) is 6.85. The van der Waals surface area contributed by atoms with Crippen LogP contribution in [0.1, 0.15) is 34.1 Å². The van der Waals surface area contributed by atoms with Crippen molar-refractivity contribution in [1.82, 2.24) is 0 Å². The maximum absolute atomic E-state index is 13.6. The molecule has 0 radical (unpaired) electrons. The summed E-state index contributed by atoms with van der Waals surface area (Å²) in [6.07, 6.45) is 2.32. The van der Waals surface area contributed by atoms with Crippen LogP contribution in [0.3, 0.4) is 0 Å². The van der Waals surface area contributed by atoms with Gasteiger partial charge in [-0.3, -0.25) is 14.5 Å². The number of amides is 1. The summed E-state index contributed by atoms with van der Waals surface area (Å²) < 4.78 is 13.6. The summed E-state index contributed by atoms with van der Waals surface area (Å²) in [7, 11) is 0. The first-order chi connectivity index (χ1) is 15.5. The Kier molecular flexibility index (Phi) is 5.27. The largest absolute Gasteiger partial charge is 0.503 e. The fourth-order valence-corrected chi connectivity index (χ4v) is 5.08. The van der Waals surface area contributed by atoms with Crippen LogP contribution in [-0.4, -0.2) is 29.9 Å². The van der Waals surface area contributed by atoms with Gasteiger partial charge >= 0.3 is 0 Å². The third-order valence-electron chi connectivity index (χ3n) is 5.98. The standard InChI is InChI=1S/C25H21FN2O3S/c26-17-7-5-16(6-8-17)22-21(23(29)20-4-3-15-32-20)24(30)25(31)28(22)19-11-9-18(10-12-19)27-13-1-2-14-27/h3-12,15,22,30H,1-2,13-14H2. The van der Waals surface area contributed by atoms with Crippen molar-refractivity contribution in [3.8, 4) is 0 Å². The molecule has 2 aromatic carbocycles. The van der Waals surface area contributed by atoms with Gasteiger partial charge in [-0.2, -0.15) is 0 Å². The summed E-state index contributed by atoms with van der Waals surface area (Å²) in [6, 6.07) is 15.8. The first-order valence-corrected chi connectivity index (χ1v) is 11.4. The van der Waals surface area contributed by atoms with Gasteiger partial charge in [0.2, 0.25) is 5.78 Å². The Morgan fingerprint density at radius 3 is 2.25 bits per heavy atom. The number of rotatable bonds is 5. The van der Waals surface area contributed by atoms with Crippen molar-refractivity contribution in [1.29, 1.82) is 0 Å². The average Bonchev–Trinajstić information content (AvgIpc) is 3.57. The van der Waals surface area contributed by atoms with E-state index >= 15 is 0 Å². The van der Waals surface area contributed by atoms with Crippen LogP contribution in [-0.2, 0) is 4.79 Å². The van der Waals surface area contributed by atoms with Crippen LogP contribution in [0.2, 0.25) is 0 Å². The molecule has 3 heterocycles. The molecule has 1 saturated heterocycles. The molecule has 0 bridgehead atoms. The van der Waals surface area contributed by atoms with Crippen LogP contribution in [0.4, 0.5) is 15.8 Å². The van der Waals surface area contributed by atoms with Crippen LogP contribution in [0.15, 0.2) is 77.4 Å². The van der Waals surface area contributed by atoms with Gasteiger partial charge in [-0.1, -0.05) is 18.2 Å². The molecule has 3 aromatic rings. The molecule has 1 N–H and O–H groups in total. The highest BCUT2D eigenvalue weighted by Gasteiger charge is 2.44. The van der Waals surface area contributed by atoms with Crippen molar-refractivity contribution in [2.24, 2.45) is 0 Å². The summed E-state index contributed by atoms with van der Waals surface area (Å²) in [4.78, 5) is 30.5. The van der Waals surface area contributed by atoms with E-state index in [0.717, 1.165) is 31.6 Å². The molecule has 0 aliphatic carbocycles. The van der Waals surface area contributed by atoms with Gasteiger partial charge in [0.25, 0.3) is 5.91 Å². The Bertz CT molecular complexity index is 1180. The molecular weight excluding hydrogens is 427 g/mol. The highest BCUT2D eigenvalue weighted by atomic mass is 32.1. The van der Waals surface area contributed by atoms with E-state index in [2.05, 4.69) is 4.90 Å². The van der Waals surface area contributed by atoms with Gasteiger partial charge in [-0.15, -0.1) is 11.3 Å². The number of benzene rings is 2. The van der Waals surface area contributed by atoms with Crippen LogP contribution < -0.4 is 9.80 Å². The lowest BCUT2D eigenvalue weighted by atomic mass is 9.95. The lowest BCUT2D eigenvalue weighted by Crippen LogP contribution is -2.31. The molecule has 2 aliphatic heterocycles. The number of nitrogens with zero attached hydrogens (tertiary/aromatic N) is 2. The van der Waals surface area contributed by atoms with Crippen molar-refractivity contribution in [3.05, 3.63) is 93.6 Å². The van der Waals surface area contributed by atoms with Crippen molar-refractivity contribution >= 4 is 34.4 Å². The van der Waals surface area contributed by atoms with Crippen molar-refractivity contribution in [3.63, 3.8) is 0 Å². The molecule has 7 heteroatoms. The highest BCUT2D eigenvalue weighted by molar-refractivity contribution is 7.12. The third kappa shape index (κ3) is 3.48. The zero-order valence-electron chi connectivity index (χ0n) is 17.2. The summed E-state index contributed by atoms with van der Waals surface area (Å²) in [5.74, 6) is -2.04. The molecule has 1 amide bonds. The molecule has 1 unspecified atom stereocenters. The monoisotopic (exact) mass is 448 g/mol. The minimum atomic E-state index is -0.852. The van der Waals surface area contributed by atoms with E-state index in [1.807, 2.05) is 24.3 Å². The van der Waals surface area contributed by atoms with Gasteiger partial charge in [0.1, 0.15) is 5.82 Å². The van der Waals surface area contributed by atoms with Gasteiger partial charge in [0.15, 0.2) is 5.76 Å². The number of aliphatic hydroxyl groups is 1. The van der Waals surface area contributed by atoms with Crippen LogP contribution in [0.5, 0.6) is 0 Å². The smallest absolute Gasteiger partial charge is 0.294 e. The fourth-order valence-electron chi connectivity index (χ4n) is 4.40. The molecule has 0 spiro atoms. The van der Waals surface area contributed by atoms with E-state index in [0.29, 0.717) is 16.1 Å². The molecule has 2 aliphatic rings. The normalized spacial score (nSPS) is 18.7. The van der Waals surface area contributed by atoms with E-state index in [1.165, 1.54) is 28.4 Å². The number of hydrogen-bond acceptors (Lipinski definition) is 5. The minimum absolute atomic E-state index is 0.00711. The van der Waals surface area contributed by atoms with E-state index < -0.39 is 29.3 Å². The summed E-state index contributed by atoms with van der Waals surface area (Å²) in [5.41, 5.74) is 2.19. The van der Waals surface area contributed by atoms with Crippen LogP contribution in [0.25, 0.3) is 0 Å². The van der Waals surface area contributed by atoms with Crippen molar-refractivity contribution in [2.75, 3.05) is 22.9 Å². The Labute approximate surface area is 189 Å². The molecule has 1 aromatic heterocycles. The Hall–Kier alpha value is -3.45. The van der Waals surface area contributed by atoms with Crippen LogP contribution in [0, 0.1) is 5.82 Å². The van der Waals surface area contributed by atoms with Gasteiger partial charge in [-0.05, 0) is 66.2 Å². The van der Waals surface area contributed by atoms with Gasteiger partial charge < -0.3 is 10.0 Å². The number of halogens is 1. The van der Waals surface area contributed by atoms with Gasteiger partial charge in [-0.25, -0.2) is 4.39 Å². The predicted octanol–water partition coefficient (Wildman–Crippen LogP) is 5.27. The average molecular weight is 449 g/mol. The lowest BCUT2D eigenvalue weighted by molar-refractivity contribution is -0.117. The molecule has 32 heavy (non-hydrogen) atoms. The quantitative estimate of drug-likeness (QED) is 0.540. The second kappa shape index (κ2) is 8.24. The maximum atomic E-state index is 13.6. The maximum Gasteiger partial charge on any atom is 0.294 e. The minimum Gasteiger partial charge on any atom is -0.503 e. The first kappa shape index (κ1) is 20.5. The SMILES string of the molecule is O=C(C1=C(O)C(=O)N(c2ccc(N3CCCC3)cc2)C1c1ccc(F)cc1)c1cccs1. The van der Waals surface area contributed by atoms with E-state index in [1.54, 1.807) is 29.6 Å². The number of thiophene rings is 1.